The van der Waals surface area contributed by atoms with E-state index in [-0.39, 0.29) is 0 Å². The van der Waals surface area contributed by atoms with Crippen LogP contribution in [-0.4, -0.2) is 15.0 Å². The molecule has 0 saturated carbocycles. The molecule has 0 saturated heterocycles. The first-order valence-corrected chi connectivity index (χ1v) is 5.19. The summed E-state index contributed by atoms with van der Waals surface area (Å²) >= 11 is 0. The Morgan fingerprint density at radius 1 is 1.12 bits per heavy atom. The molecule has 3 aromatic rings. The van der Waals surface area contributed by atoms with Gasteiger partial charge in [-0.25, -0.2) is 9.97 Å². The monoisotopic (exact) mass is 209 g/mol. The van der Waals surface area contributed by atoms with E-state index in [2.05, 4.69) is 46.1 Å². The number of nitrogens with one attached hydrogen (secondary N) is 1. The Bertz CT molecular complexity index is 623. The van der Waals surface area contributed by atoms with Gasteiger partial charge in [-0.15, -0.1) is 0 Å². The molecule has 0 spiro atoms. The second kappa shape index (κ2) is 3.45. The van der Waals surface area contributed by atoms with Crippen molar-refractivity contribution >= 4 is 11.0 Å². The average molecular weight is 209 g/mol. The molecule has 2 heterocycles. The lowest BCUT2D eigenvalue weighted by atomic mass is 10.1. The van der Waals surface area contributed by atoms with Crippen LogP contribution in [-0.2, 0) is 0 Å². The van der Waals surface area contributed by atoms with Crippen molar-refractivity contribution in [1.29, 1.82) is 0 Å². The summed E-state index contributed by atoms with van der Waals surface area (Å²) in [6.45, 7) is 2.09. The molecule has 0 unspecified atom stereocenters. The Labute approximate surface area is 93.2 Å². The van der Waals surface area contributed by atoms with Gasteiger partial charge in [0.2, 0.25) is 0 Å². The van der Waals surface area contributed by atoms with Crippen LogP contribution in [0.2, 0.25) is 0 Å². The Kier molecular flexibility index (Phi) is 1.96. The van der Waals surface area contributed by atoms with Crippen LogP contribution in [0.3, 0.4) is 0 Å². The summed E-state index contributed by atoms with van der Waals surface area (Å²) in [5, 5.41) is 1.06. The van der Waals surface area contributed by atoms with Gasteiger partial charge in [0.15, 0.2) is 0 Å². The Morgan fingerprint density at radius 3 is 2.75 bits per heavy atom. The van der Waals surface area contributed by atoms with E-state index in [1.165, 1.54) is 11.1 Å². The van der Waals surface area contributed by atoms with Gasteiger partial charge in [0.25, 0.3) is 0 Å². The Morgan fingerprint density at radius 2 is 1.94 bits per heavy atom. The third kappa shape index (κ3) is 1.37. The fraction of sp³-hybridized carbons (Fsp3) is 0.0769. The van der Waals surface area contributed by atoms with Gasteiger partial charge in [-0.05, 0) is 12.5 Å². The van der Waals surface area contributed by atoms with Gasteiger partial charge in [-0.2, -0.15) is 0 Å². The van der Waals surface area contributed by atoms with Crippen LogP contribution in [0, 0.1) is 6.92 Å². The highest BCUT2D eigenvalue weighted by Crippen LogP contribution is 2.26. The van der Waals surface area contributed by atoms with Gasteiger partial charge in [0.05, 0.1) is 0 Å². The van der Waals surface area contributed by atoms with Crippen molar-refractivity contribution in [1.82, 2.24) is 15.0 Å². The molecule has 0 aliphatic carbocycles. The van der Waals surface area contributed by atoms with Crippen LogP contribution in [0.1, 0.15) is 5.56 Å². The number of aryl methyl sites for hydroxylation is 1. The third-order valence-corrected chi connectivity index (χ3v) is 2.72. The van der Waals surface area contributed by atoms with Gasteiger partial charge >= 0.3 is 0 Å². The van der Waals surface area contributed by atoms with E-state index in [4.69, 9.17) is 0 Å². The molecule has 0 radical (unpaired) electrons. The second-order valence-electron chi connectivity index (χ2n) is 3.85. The quantitative estimate of drug-likeness (QED) is 0.669. The van der Waals surface area contributed by atoms with Crippen LogP contribution in [0.5, 0.6) is 0 Å². The minimum atomic E-state index is 0.880. The predicted molar refractivity (Wildman–Crippen MR) is 64.1 cm³/mol. The lowest BCUT2D eigenvalue weighted by Gasteiger charge is -1.99. The maximum atomic E-state index is 4.18. The predicted octanol–water partition coefficient (Wildman–Crippen LogP) is 2.93. The molecule has 1 N–H and O–H groups in total. The molecule has 3 heteroatoms. The smallest absolute Gasteiger partial charge is 0.141 e. The zero-order chi connectivity index (χ0) is 11.0. The summed E-state index contributed by atoms with van der Waals surface area (Å²) in [6, 6.07) is 8.45. The van der Waals surface area contributed by atoms with Crippen LogP contribution in [0.4, 0.5) is 0 Å². The van der Waals surface area contributed by atoms with Crippen LogP contribution in [0.25, 0.3) is 22.2 Å². The van der Waals surface area contributed by atoms with Crippen LogP contribution in [0.15, 0.2) is 43.0 Å². The molecule has 0 atom stereocenters. The molecule has 0 amide bonds. The summed E-state index contributed by atoms with van der Waals surface area (Å²) in [4.78, 5) is 11.4. The minimum Gasteiger partial charge on any atom is -0.345 e. The van der Waals surface area contributed by atoms with Crippen molar-refractivity contribution < 1.29 is 0 Å². The summed E-state index contributed by atoms with van der Waals surface area (Å²) in [5.41, 5.74) is 4.48. The fourth-order valence-corrected chi connectivity index (χ4v) is 1.83. The van der Waals surface area contributed by atoms with Gasteiger partial charge in [-0.3, -0.25) is 0 Å². The molecule has 0 aliphatic heterocycles. The van der Waals surface area contributed by atoms with Crippen molar-refractivity contribution in [2.45, 2.75) is 6.92 Å². The zero-order valence-electron chi connectivity index (χ0n) is 8.94. The van der Waals surface area contributed by atoms with Crippen molar-refractivity contribution in [3.8, 4) is 11.1 Å². The number of H-pyrrole nitrogens is 1. The number of fused-ring (bicyclic) bond motifs is 1. The Hall–Kier alpha value is -2.16. The third-order valence-electron chi connectivity index (χ3n) is 2.72. The number of rotatable bonds is 1. The highest BCUT2D eigenvalue weighted by molar-refractivity contribution is 5.92. The second-order valence-corrected chi connectivity index (χ2v) is 3.85. The maximum absolute atomic E-state index is 4.18. The molecule has 16 heavy (non-hydrogen) atoms. The van der Waals surface area contributed by atoms with Crippen molar-refractivity contribution in [3.05, 3.63) is 48.5 Å². The first kappa shape index (κ1) is 9.09. The topological polar surface area (TPSA) is 41.6 Å². The summed E-state index contributed by atoms with van der Waals surface area (Å²) in [7, 11) is 0. The molecule has 3 nitrogen and oxygen atoms in total. The molecule has 0 fully saturated rings. The number of benzene rings is 1. The van der Waals surface area contributed by atoms with Crippen molar-refractivity contribution in [2.24, 2.45) is 0 Å². The summed E-state index contributed by atoms with van der Waals surface area (Å²) in [6.07, 6.45) is 5.37. The van der Waals surface area contributed by atoms with E-state index in [1.807, 2.05) is 12.4 Å². The molecule has 0 bridgehead atoms. The molecule has 0 aliphatic rings. The molecular weight excluding hydrogens is 198 g/mol. The summed E-state index contributed by atoms with van der Waals surface area (Å²) < 4.78 is 0. The first-order chi connectivity index (χ1) is 7.84. The molecule has 1 aromatic carbocycles. The fourth-order valence-electron chi connectivity index (χ4n) is 1.83. The van der Waals surface area contributed by atoms with Gasteiger partial charge in [0.1, 0.15) is 12.0 Å². The van der Waals surface area contributed by atoms with Crippen molar-refractivity contribution in [2.75, 3.05) is 0 Å². The SMILES string of the molecule is Cc1ccc(-c2c[nH]c3ncncc23)cc1. The highest BCUT2D eigenvalue weighted by Gasteiger charge is 2.05. The number of hydrogen-bond acceptors (Lipinski definition) is 2. The summed E-state index contributed by atoms with van der Waals surface area (Å²) in [5.74, 6) is 0. The number of aromatic nitrogens is 3. The Balaban J connectivity index is 2.22. The lowest BCUT2D eigenvalue weighted by Crippen LogP contribution is -1.79. The van der Waals surface area contributed by atoms with E-state index in [9.17, 15) is 0 Å². The highest BCUT2D eigenvalue weighted by atomic mass is 14.9. The first-order valence-electron chi connectivity index (χ1n) is 5.19. The van der Waals surface area contributed by atoms with Gasteiger partial charge in [0, 0.05) is 23.3 Å². The number of hydrogen-bond donors (Lipinski definition) is 1. The van der Waals surface area contributed by atoms with E-state index in [1.54, 1.807) is 6.33 Å². The normalized spacial score (nSPS) is 10.8. The molecule has 78 valence electrons. The van der Waals surface area contributed by atoms with E-state index < -0.39 is 0 Å². The maximum Gasteiger partial charge on any atom is 0.141 e. The number of aromatic amines is 1. The standard InChI is InChI=1S/C13H11N3/c1-9-2-4-10(5-3-9)11-7-15-13-12(11)6-14-8-16-13/h2-8H,1H3,(H,14,15,16). The van der Waals surface area contributed by atoms with E-state index in [0.29, 0.717) is 0 Å². The van der Waals surface area contributed by atoms with Crippen molar-refractivity contribution in [3.63, 3.8) is 0 Å². The van der Waals surface area contributed by atoms with Crippen LogP contribution >= 0.6 is 0 Å². The van der Waals surface area contributed by atoms with Gasteiger partial charge < -0.3 is 4.98 Å². The minimum absolute atomic E-state index is 0.880. The number of nitrogens with zero attached hydrogens (tertiary/aromatic N) is 2. The van der Waals surface area contributed by atoms with Gasteiger partial charge in [-0.1, -0.05) is 29.8 Å². The van der Waals surface area contributed by atoms with Crippen LogP contribution < -0.4 is 0 Å². The van der Waals surface area contributed by atoms with E-state index in [0.717, 1.165) is 16.6 Å². The molecule has 3 rings (SSSR count). The molecular formula is C13H11N3. The zero-order valence-corrected chi connectivity index (χ0v) is 8.94. The largest absolute Gasteiger partial charge is 0.345 e. The lowest BCUT2D eigenvalue weighted by molar-refractivity contribution is 1.20. The van der Waals surface area contributed by atoms with E-state index >= 15 is 0 Å². The average Bonchev–Trinajstić information content (AvgIpc) is 2.74. The molecule has 2 aromatic heterocycles.